The average Bonchev–Trinajstić information content (AvgIpc) is 3.00. The summed E-state index contributed by atoms with van der Waals surface area (Å²) in [6, 6.07) is 8.45. The van der Waals surface area contributed by atoms with Gasteiger partial charge in [-0.2, -0.15) is 5.26 Å². The second kappa shape index (κ2) is 6.88. The SMILES string of the molecule is CC1(C)CC2(C=C(C#N)C1=O)CCN(C(=O)c1ccccc1CC(F)F)C2. The minimum absolute atomic E-state index is 0.152. The first kappa shape index (κ1) is 19.2. The number of rotatable bonds is 3. The van der Waals surface area contributed by atoms with Gasteiger partial charge < -0.3 is 4.90 Å². The normalized spacial score (nSPS) is 24.2. The highest BCUT2D eigenvalue weighted by atomic mass is 19.3. The summed E-state index contributed by atoms with van der Waals surface area (Å²) < 4.78 is 25.7. The fourth-order valence-corrected chi connectivity index (χ4v) is 4.41. The molecule has 1 spiro atoms. The molecule has 1 aromatic carbocycles. The van der Waals surface area contributed by atoms with Gasteiger partial charge in [-0.3, -0.25) is 9.59 Å². The van der Waals surface area contributed by atoms with Gasteiger partial charge in [-0.25, -0.2) is 8.78 Å². The molecule has 1 heterocycles. The van der Waals surface area contributed by atoms with Gasteiger partial charge >= 0.3 is 0 Å². The molecule has 1 atom stereocenters. The van der Waals surface area contributed by atoms with Crippen LogP contribution in [0, 0.1) is 22.2 Å². The molecule has 1 unspecified atom stereocenters. The summed E-state index contributed by atoms with van der Waals surface area (Å²) in [7, 11) is 0. The van der Waals surface area contributed by atoms with Crippen molar-refractivity contribution in [1.82, 2.24) is 4.90 Å². The predicted octanol–water partition coefficient (Wildman–Crippen LogP) is 3.78. The molecule has 27 heavy (non-hydrogen) atoms. The number of hydrogen-bond acceptors (Lipinski definition) is 3. The van der Waals surface area contributed by atoms with E-state index in [1.807, 2.05) is 19.9 Å². The molecule has 1 aliphatic carbocycles. The Morgan fingerprint density at radius 1 is 1.33 bits per heavy atom. The van der Waals surface area contributed by atoms with E-state index in [1.165, 1.54) is 0 Å². The molecule has 0 N–H and O–H groups in total. The van der Waals surface area contributed by atoms with E-state index < -0.39 is 23.7 Å². The van der Waals surface area contributed by atoms with E-state index >= 15 is 0 Å². The van der Waals surface area contributed by atoms with Crippen molar-refractivity contribution in [1.29, 1.82) is 5.26 Å². The summed E-state index contributed by atoms with van der Waals surface area (Å²) >= 11 is 0. The number of likely N-dealkylation sites (tertiary alicyclic amines) is 1. The zero-order valence-electron chi connectivity index (χ0n) is 15.5. The van der Waals surface area contributed by atoms with E-state index in [1.54, 1.807) is 35.2 Å². The lowest BCUT2D eigenvalue weighted by Gasteiger charge is -2.38. The van der Waals surface area contributed by atoms with Crippen molar-refractivity contribution >= 4 is 11.7 Å². The van der Waals surface area contributed by atoms with Gasteiger partial charge in [0, 0.05) is 35.9 Å². The van der Waals surface area contributed by atoms with Crippen LogP contribution in [-0.2, 0) is 11.2 Å². The molecule has 0 bridgehead atoms. The Bertz CT molecular complexity index is 854. The number of nitriles is 1. The molecular formula is C21H22F2N2O2. The Labute approximate surface area is 157 Å². The average molecular weight is 372 g/mol. The Morgan fingerprint density at radius 2 is 2.04 bits per heavy atom. The molecule has 1 aliphatic heterocycles. The summed E-state index contributed by atoms with van der Waals surface area (Å²) in [5.41, 5.74) is -0.294. The molecule has 2 aliphatic rings. The summed E-state index contributed by atoms with van der Waals surface area (Å²) in [4.78, 5) is 27.0. The minimum Gasteiger partial charge on any atom is -0.338 e. The first-order valence-corrected chi connectivity index (χ1v) is 9.01. The molecule has 0 aromatic heterocycles. The molecular weight excluding hydrogens is 350 g/mol. The van der Waals surface area contributed by atoms with Crippen LogP contribution < -0.4 is 0 Å². The van der Waals surface area contributed by atoms with E-state index in [0.717, 1.165) is 0 Å². The maximum Gasteiger partial charge on any atom is 0.254 e. The first-order chi connectivity index (χ1) is 12.7. The number of benzene rings is 1. The van der Waals surface area contributed by atoms with Crippen LogP contribution in [0.25, 0.3) is 0 Å². The van der Waals surface area contributed by atoms with Gasteiger partial charge in [-0.05, 0) is 24.5 Å². The number of carbonyl (C=O) groups excluding carboxylic acids is 2. The molecule has 4 nitrogen and oxygen atoms in total. The molecule has 3 rings (SSSR count). The topological polar surface area (TPSA) is 61.2 Å². The third-order valence-corrected chi connectivity index (χ3v) is 5.52. The summed E-state index contributed by atoms with van der Waals surface area (Å²) in [6.07, 6.45) is -0.0422. The number of halogens is 2. The highest BCUT2D eigenvalue weighted by Crippen LogP contribution is 2.48. The van der Waals surface area contributed by atoms with Crippen LogP contribution in [0.5, 0.6) is 0 Å². The van der Waals surface area contributed by atoms with E-state index in [2.05, 4.69) is 0 Å². The molecule has 1 amide bonds. The lowest BCUT2D eigenvalue weighted by Crippen LogP contribution is -2.40. The van der Waals surface area contributed by atoms with Crippen LogP contribution in [-0.4, -0.2) is 36.1 Å². The van der Waals surface area contributed by atoms with Crippen molar-refractivity contribution in [2.75, 3.05) is 13.1 Å². The first-order valence-electron chi connectivity index (χ1n) is 9.01. The second-order valence-electron chi connectivity index (χ2n) is 8.15. The number of allylic oxidation sites excluding steroid dienone is 1. The third kappa shape index (κ3) is 3.64. The van der Waals surface area contributed by atoms with Gasteiger partial charge in [0.15, 0.2) is 5.78 Å². The summed E-state index contributed by atoms with van der Waals surface area (Å²) in [5.74, 6) is -0.438. The minimum atomic E-state index is -2.52. The van der Waals surface area contributed by atoms with Gasteiger partial charge in [-0.1, -0.05) is 38.1 Å². The molecule has 0 saturated carbocycles. The van der Waals surface area contributed by atoms with Gasteiger partial charge in [0.1, 0.15) is 6.07 Å². The Kier molecular flexibility index (Phi) is 4.90. The Hall–Kier alpha value is -2.55. The lowest BCUT2D eigenvalue weighted by molar-refractivity contribution is -0.125. The fourth-order valence-electron chi connectivity index (χ4n) is 4.41. The van der Waals surface area contributed by atoms with E-state index in [9.17, 15) is 23.6 Å². The predicted molar refractivity (Wildman–Crippen MR) is 96.2 cm³/mol. The number of nitrogens with zero attached hydrogens (tertiary/aromatic N) is 2. The Balaban J connectivity index is 1.87. The quantitative estimate of drug-likeness (QED) is 0.811. The van der Waals surface area contributed by atoms with Crippen molar-refractivity contribution in [3.63, 3.8) is 0 Å². The van der Waals surface area contributed by atoms with Crippen LogP contribution in [0.3, 0.4) is 0 Å². The van der Waals surface area contributed by atoms with Crippen molar-refractivity contribution in [2.45, 2.75) is 39.5 Å². The van der Waals surface area contributed by atoms with E-state index in [0.29, 0.717) is 37.1 Å². The highest BCUT2D eigenvalue weighted by Gasteiger charge is 2.49. The van der Waals surface area contributed by atoms with Gasteiger partial charge in [-0.15, -0.1) is 0 Å². The zero-order chi connectivity index (χ0) is 19.8. The van der Waals surface area contributed by atoms with Crippen LogP contribution >= 0.6 is 0 Å². The van der Waals surface area contributed by atoms with Crippen LogP contribution in [0.15, 0.2) is 35.9 Å². The number of Topliss-reactive ketones (excluding diaryl/α,β-unsaturated/α-hetero) is 1. The molecule has 6 heteroatoms. The van der Waals surface area contributed by atoms with E-state index in [4.69, 9.17) is 0 Å². The molecule has 142 valence electrons. The summed E-state index contributed by atoms with van der Waals surface area (Å²) in [5, 5.41) is 9.32. The Morgan fingerprint density at radius 3 is 2.70 bits per heavy atom. The lowest BCUT2D eigenvalue weighted by atomic mass is 9.64. The van der Waals surface area contributed by atoms with Crippen LogP contribution in [0.4, 0.5) is 8.78 Å². The molecule has 1 aromatic rings. The fraction of sp³-hybridized carbons (Fsp3) is 0.476. The molecule has 0 radical (unpaired) electrons. The maximum atomic E-state index is 13.0. The zero-order valence-corrected chi connectivity index (χ0v) is 15.5. The molecule has 1 fully saturated rings. The van der Waals surface area contributed by atoms with Crippen LogP contribution in [0.2, 0.25) is 0 Å². The van der Waals surface area contributed by atoms with Crippen molar-refractivity contribution in [2.24, 2.45) is 10.8 Å². The largest absolute Gasteiger partial charge is 0.338 e. The van der Waals surface area contributed by atoms with Gasteiger partial charge in [0.25, 0.3) is 5.91 Å². The number of hydrogen-bond donors (Lipinski definition) is 0. The maximum absolute atomic E-state index is 13.0. The van der Waals surface area contributed by atoms with Crippen molar-refractivity contribution in [3.8, 4) is 6.07 Å². The van der Waals surface area contributed by atoms with Crippen molar-refractivity contribution < 1.29 is 18.4 Å². The summed E-state index contributed by atoms with van der Waals surface area (Å²) in [6.45, 7) is 4.51. The standard InChI is InChI=1S/C21H22F2N2O2/c1-20(2)12-21(10-15(11-24)18(20)26)7-8-25(13-21)19(27)16-6-4-3-5-14(16)9-17(22)23/h3-6,10,17H,7-9,12-13H2,1-2H3. The van der Waals surface area contributed by atoms with Gasteiger partial charge in [0.05, 0.1) is 5.57 Å². The highest BCUT2D eigenvalue weighted by molar-refractivity contribution is 6.04. The smallest absolute Gasteiger partial charge is 0.254 e. The molecule has 1 saturated heterocycles. The number of amides is 1. The number of carbonyl (C=O) groups is 2. The van der Waals surface area contributed by atoms with Crippen LogP contribution in [0.1, 0.15) is 42.6 Å². The third-order valence-electron chi connectivity index (χ3n) is 5.52. The van der Waals surface area contributed by atoms with Gasteiger partial charge in [0.2, 0.25) is 6.43 Å². The monoisotopic (exact) mass is 372 g/mol. The number of alkyl halides is 2. The van der Waals surface area contributed by atoms with E-state index in [-0.39, 0.29) is 17.3 Å². The second-order valence-corrected chi connectivity index (χ2v) is 8.15. The number of ketones is 1. The van der Waals surface area contributed by atoms with Crippen molar-refractivity contribution in [3.05, 3.63) is 47.0 Å².